The zero-order chi connectivity index (χ0) is 11.7. The predicted molar refractivity (Wildman–Crippen MR) is 65.6 cm³/mol. The highest BCUT2D eigenvalue weighted by Crippen LogP contribution is 2.65. The molecule has 0 amide bonds. The van der Waals surface area contributed by atoms with Crippen LogP contribution < -0.4 is 0 Å². The molecule has 2 nitrogen and oxygen atoms in total. The van der Waals surface area contributed by atoms with Crippen molar-refractivity contribution >= 4 is 30.3 Å². The molecule has 5 heteroatoms. The van der Waals surface area contributed by atoms with Crippen molar-refractivity contribution in [3.8, 4) is 0 Å². The summed E-state index contributed by atoms with van der Waals surface area (Å²) in [4.78, 5) is 0. The van der Waals surface area contributed by atoms with E-state index < -0.39 is 11.9 Å². The lowest BCUT2D eigenvalue weighted by molar-refractivity contribution is -0.199. The molecule has 0 aromatic carbocycles. The molecule has 4 aliphatic rings. The van der Waals surface area contributed by atoms with Crippen molar-refractivity contribution in [1.29, 1.82) is 0 Å². The van der Waals surface area contributed by atoms with Crippen LogP contribution >= 0.6 is 23.2 Å². The molecule has 1 aliphatic heterocycles. The van der Waals surface area contributed by atoms with Gasteiger partial charge in [0.15, 0.2) is 0 Å². The normalized spacial score (nSPS) is 49.1. The minimum Gasteiger partial charge on any atom is -0.404 e. The molecule has 1 heterocycles. The van der Waals surface area contributed by atoms with Gasteiger partial charge in [-0.15, -0.1) is 23.2 Å². The molecule has 4 atom stereocenters. The molecule has 3 unspecified atom stereocenters. The van der Waals surface area contributed by atoms with E-state index in [9.17, 15) is 0 Å². The van der Waals surface area contributed by atoms with Crippen molar-refractivity contribution in [2.75, 3.05) is 0 Å². The molecule has 4 fully saturated rings. The van der Waals surface area contributed by atoms with Gasteiger partial charge < -0.3 is 9.31 Å². The maximum Gasteiger partial charge on any atom is 0.492 e. The third-order valence-corrected chi connectivity index (χ3v) is 5.59. The van der Waals surface area contributed by atoms with Crippen molar-refractivity contribution in [1.82, 2.24) is 0 Å². The Bertz CT molecular complexity index is 323. The maximum atomic E-state index is 6.01. The monoisotopic (exact) mass is 262 g/mol. The first-order chi connectivity index (χ1) is 7.35. The molecule has 3 saturated carbocycles. The fourth-order valence-corrected chi connectivity index (χ4v) is 4.23. The molecule has 0 spiro atoms. The van der Waals surface area contributed by atoms with Crippen LogP contribution in [0.3, 0.4) is 0 Å². The Labute approximate surface area is 107 Å². The fraction of sp³-hybridized carbons (Fsp3) is 1.00. The third-order valence-electron chi connectivity index (χ3n) is 5.17. The summed E-state index contributed by atoms with van der Waals surface area (Å²) in [5.41, 5.74) is 0.183. The molecule has 0 aromatic rings. The first kappa shape index (κ1) is 11.6. The van der Waals surface area contributed by atoms with Gasteiger partial charge in [0.25, 0.3) is 0 Å². The first-order valence-electron chi connectivity index (χ1n) is 5.97. The highest BCUT2D eigenvalue weighted by Gasteiger charge is 2.68. The number of alkyl halides is 2. The highest BCUT2D eigenvalue weighted by molar-refractivity contribution is 6.73. The van der Waals surface area contributed by atoms with E-state index in [4.69, 9.17) is 32.5 Å². The Morgan fingerprint density at radius 2 is 1.94 bits per heavy atom. The second kappa shape index (κ2) is 3.31. The van der Waals surface area contributed by atoms with Crippen LogP contribution in [-0.4, -0.2) is 23.6 Å². The Morgan fingerprint density at radius 1 is 1.25 bits per heavy atom. The van der Waals surface area contributed by atoms with Crippen LogP contribution in [0.4, 0.5) is 0 Å². The predicted octanol–water partition coefficient (Wildman–Crippen LogP) is 3.06. The zero-order valence-corrected chi connectivity index (χ0v) is 11.4. The molecule has 2 bridgehead atoms. The molecule has 3 aliphatic carbocycles. The summed E-state index contributed by atoms with van der Waals surface area (Å²) in [6.07, 6.45) is 2.51. The van der Waals surface area contributed by atoms with Crippen molar-refractivity contribution < 1.29 is 9.31 Å². The van der Waals surface area contributed by atoms with Crippen LogP contribution in [0.5, 0.6) is 0 Å². The lowest BCUT2D eigenvalue weighted by atomic mass is 9.43. The van der Waals surface area contributed by atoms with Crippen molar-refractivity contribution in [2.45, 2.75) is 50.1 Å². The molecule has 0 aromatic heterocycles. The minimum absolute atomic E-state index is 0.175. The van der Waals surface area contributed by atoms with Crippen LogP contribution in [-0.2, 0) is 9.31 Å². The molecular weight excluding hydrogens is 246 g/mol. The third kappa shape index (κ3) is 1.29. The highest BCUT2D eigenvalue weighted by atomic mass is 35.5. The Balaban J connectivity index is 1.87. The SMILES string of the molecule is CC1(C)C2CC3OB(C(Cl)Cl)O[C@@]3(C)C1C2. The second-order valence-electron chi connectivity index (χ2n) is 6.17. The largest absolute Gasteiger partial charge is 0.492 e. The van der Waals surface area contributed by atoms with Gasteiger partial charge in [0.2, 0.25) is 0 Å². The van der Waals surface area contributed by atoms with E-state index in [0.717, 1.165) is 12.3 Å². The Morgan fingerprint density at radius 3 is 2.50 bits per heavy atom. The number of hydrogen-bond acceptors (Lipinski definition) is 2. The van der Waals surface area contributed by atoms with Crippen LogP contribution in [0.15, 0.2) is 0 Å². The molecule has 90 valence electrons. The van der Waals surface area contributed by atoms with Gasteiger partial charge >= 0.3 is 7.12 Å². The average molecular weight is 263 g/mol. The van der Waals surface area contributed by atoms with Crippen molar-refractivity contribution in [2.24, 2.45) is 17.3 Å². The fourth-order valence-electron chi connectivity index (χ4n) is 4.00. The van der Waals surface area contributed by atoms with Crippen molar-refractivity contribution in [3.05, 3.63) is 0 Å². The molecule has 1 saturated heterocycles. The summed E-state index contributed by atoms with van der Waals surface area (Å²) in [6.45, 7) is 6.83. The maximum absolute atomic E-state index is 6.01. The number of halogens is 2. The second-order valence-corrected chi connectivity index (χ2v) is 7.34. The minimum atomic E-state index is -0.595. The lowest BCUT2D eigenvalue weighted by Crippen LogP contribution is -2.65. The average Bonchev–Trinajstić information content (AvgIpc) is 2.54. The van der Waals surface area contributed by atoms with Gasteiger partial charge in [-0.25, -0.2) is 0 Å². The van der Waals surface area contributed by atoms with E-state index in [0.29, 0.717) is 11.3 Å². The van der Waals surface area contributed by atoms with Gasteiger partial charge in [-0.1, -0.05) is 13.8 Å². The van der Waals surface area contributed by atoms with Crippen LogP contribution in [0.1, 0.15) is 33.6 Å². The van der Waals surface area contributed by atoms with Gasteiger partial charge in [-0.05, 0) is 37.0 Å². The smallest absolute Gasteiger partial charge is 0.404 e. The van der Waals surface area contributed by atoms with Gasteiger partial charge in [0.05, 0.1) is 11.7 Å². The summed E-state index contributed by atoms with van der Waals surface area (Å²) in [7, 11) is -0.450. The standard InChI is InChI=1S/C11H17BCl2O2/c1-10(2)6-4-7(10)11(3)8(5-6)15-12(16-11)9(13)14/h6-9H,4-5H2,1-3H3/t6?,7?,8?,11-/m0/s1. The molecular formula is C11H17BCl2O2. The first-order valence-corrected chi connectivity index (χ1v) is 6.84. The number of hydrogen-bond donors (Lipinski definition) is 0. The summed E-state index contributed by atoms with van der Waals surface area (Å²) in [5, 5.41) is 0. The van der Waals surface area contributed by atoms with E-state index in [-0.39, 0.29) is 11.7 Å². The quantitative estimate of drug-likeness (QED) is 0.534. The summed E-state index contributed by atoms with van der Waals surface area (Å²) < 4.78 is 11.3. The molecule has 0 N–H and O–H groups in total. The summed E-state index contributed by atoms with van der Waals surface area (Å²) in [6, 6.07) is 0. The van der Waals surface area contributed by atoms with Gasteiger partial charge in [-0.2, -0.15) is 0 Å². The van der Waals surface area contributed by atoms with E-state index in [2.05, 4.69) is 20.8 Å². The molecule has 16 heavy (non-hydrogen) atoms. The van der Waals surface area contributed by atoms with Crippen molar-refractivity contribution in [3.63, 3.8) is 0 Å². The number of rotatable bonds is 1. The van der Waals surface area contributed by atoms with E-state index in [1.54, 1.807) is 0 Å². The van der Waals surface area contributed by atoms with Crippen LogP contribution in [0.25, 0.3) is 0 Å². The summed E-state index contributed by atoms with van der Waals surface area (Å²) >= 11 is 11.7. The van der Waals surface area contributed by atoms with Gasteiger partial charge in [0, 0.05) is 0 Å². The van der Waals surface area contributed by atoms with Crippen LogP contribution in [0, 0.1) is 17.3 Å². The Hall–Kier alpha value is 0.565. The summed E-state index contributed by atoms with van der Waals surface area (Å²) in [5.74, 6) is 1.34. The molecule has 0 radical (unpaired) electrons. The lowest BCUT2D eigenvalue weighted by Gasteiger charge is -2.64. The van der Waals surface area contributed by atoms with E-state index >= 15 is 0 Å². The van der Waals surface area contributed by atoms with Crippen LogP contribution in [0.2, 0.25) is 0 Å². The van der Waals surface area contributed by atoms with E-state index in [1.165, 1.54) is 6.42 Å². The van der Waals surface area contributed by atoms with Gasteiger partial charge in [-0.3, -0.25) is 0 Å². The molecule has 4 rings (SSSR count). The van der Waals surface area contributed by atoms with Gasteiger partial charge in [0.1, 0.15) is 4.74 Å². The zero-order valence-electron chi connectivity index (χ0n) is 9.87. The van der Waals surface area contributed by atoms with E-state index in [1.807, 2.05) is 0 Å². The Kier molecular flexibility index (Phi) is 2.41. The topological polar surface area (TPSA) is 18.5 Å².